The molecule has 6 heterocycles. The highest BCUT2D eigenvalue weighted by Crippen LogP contribution is 2.36. The maximum absolute atomic E-state index is 13.4. The number of hydrogen-bond donors (Lipinski definition) is 5. The maximum Gasteiger partial charge on any atom is 0.271 e. The Morgan fingerprint density at radius 3 is 2.39 bits per heavy atom. The molecule has 3 aromatic rings. The normalized spacial score (nSPS) is 20.0. The van der Waals surface area contributed by atoms with E-state index in [0.29, 0.717) is 86.8 Å². The van der Waals surface area contributed by atoms with Crippen molar-refractivity contribution < 1.29 is 38.2 Å². The van der Waals surface area contributed by atoms with E-state index in [1.807, 2.05) is 30.0 Å². The van der Waals surface area contributed by atoms with E-state index >= 15 is 0 Å². The fourth-order valence-electron chi connectivity index (χ4n) is 9.37. The first-order chi connectivity index (χ1) is 31.0. The first-order valence-electron chi connectivity index (χ1n) is 22.4. The fourth-order valence-corrected chi connectivity index (χ4v) is 9.37. The van der Waals surface area contributed by atoms with E-state index in [1.165, 1.54) is 0 Å². The number of aryl methyl sites for hydroxylation is 1. The zero-order chi connectivity index (χ0) is 44.9. The van der Waals surface area contributed by atoms with Crippen molar-refractivity contribution in [3.8, 4) is 5.75 Å². The summed E-state index contributed by atoms with van der Waals surface area (Å²) in [6.45, 7) is 8.35. The van der Waals surface area contributed by atoms with Gasteiger partial charge >= 0.3 is 0 Å². The third kappa shape index (κ3) is 9.45. The number of nitrogens with one attached hydrogen (secondary N) is 4. The van der Waals surface area contributed by atoms with Crippen LogP contribution in [0, 0.1) is 0 Å². The lowest BCUT2D eigenvalue weighted by atomic mass is 10.0. The van der Waals surface area contributed by atoms with Gasteiger partial charge in [0.1, 0.15) is 11.8 Å². The summed E-state index contributed by atoms with van der Waals surface area (Å²) < 4.78 is 11.4. The van der Waals surface area contributed by atoms with Gasteiger partial charge in [0.05, 0.1) is 29.6 Å². The van der Waals surface area contributed by atoms with Gasteiger partial charge in [-0.2, -0.15) is 0 Å². The Morgan fingerprint density at radius 1 is 0.922 bits per heavy atom. The molecule has 8 rings (SSSR count). The van der Waals surface area contributed by atoms with Gasteiger partial charge in [-0.05, 0) is 69.2 Å². The predicted octanol–water partition coefficient (Wildman–Crippen LogP) is 2.89. The number of piperazine rings is 1. The number of methoxy groups -OCH3 is 1. The third-order valence-electron chi connectivity index (χ3n) is 12.9. The first kappa shape index (κ1) is 44.3. The minimum Gasteiger partial charge on any atom is -0.495 e. The molecule has 64 heavy (non-hydrogen) atoms. The number of primary amides is 1. The molecular formula is C45H57N11O8. The van der Waals surface area contributed by atoms with Gasteiger partial charge in [-0.25, -0.2) is 9.97 Å². The van der Waals surface area contributed by atoms with Crippen LogP contribution in [0.1, 0.15) is 95.2 Å². The summed E-state index contributed by atoms with van der Waals surface area (Å²) in [6, 6.07) is 10.4. The topological polar surface area (TPSA) is 234 Å². The van der Waals surface area contributed by atoms with E-state index in [1.54, 1.807) is 25.3 Å². The highest BCUT2D eigenvalue weighted by Gasteiger charge is 2.45. The quantitative estimate of drug-likeness (QED) is 0.109. The smallest absolute Gasteiger partial charge is 0.271 e. The molecule has 6 amide bonds. The lowest BCUT2D eigenvalue weighted by Gasteiger charge is -2.43. The molecule has 1 unspecified atom stereocenters. The zero-order valence-electron chi connectivity index (χ0n) is 36.5. The Bertz CT molecular complexity index is 2290. The lowest BCUT2D eigenvalue weighted by molar-refractivity contribution is -0.136. The van der Waals surface area contributed by atoms with Crippen LogP contribution in [0.2, 0.25) is 0 Å². The van der Waals surface area contributed by atoms with E-state index in [9.17, 15) is 28.8 Å². The highest BCUT2D eigenvalue weighted by molar-refractivity contribution is 6.25. The van der Waals surface area contributed by atoms with Gasteiger partial charge in [0.25, 0.3) is 17.7 Å². The molecule has 0 bridgehead atoms. The van der Waals surface area contributed by atoms with E-state index < -0.39 is 35.6 Å². The van der Waals surface area contributed by atoms with Gasteiger partial charge in [-0.1, -0.05) is 13.0 Å². The summed E-state index contributed by atoms with van der Waals surface area (Å²) in [5, 5.41) is 12.2. The van der Waals surface area contributed by atoms with Crippen molar-refractivity contribution >= 4 is 64.1 Å². The molecule has 5 aliphatic rings. The Kier molecular flexibility index (Phi) is 13.6. The molecule has 4 saturated heterocycles. The summed E-state index contributed by atoms with van der Waals surface area (Å²) in [4.78, 5) is 93.6. The summed E-state index contributed by atoms with van der Waals surface area (Å²) in [6.07, 6.45) is 5.25. The first-order valence-corrected chi connectivity index (χ1v) is 22.4. The number of carbonyl (C=O) groups excluding carboxylic acids is 6. The van der Waals surface area contributed by atoms with Gasteiger partial charge in [0.2, 0.25) is 17.7 Å². The molecule has 0 radical (unpaired) electrons. The van der Waals surface area contributed by atoms with E-state index in [-0.39, 0.29) is 47.4 Å². The second-order valence-electron chi connectivity index (χ2n) is 16.8. The second-order valence-corrected chi connectivity index (χ2v) is 16.8. The van der Waals surface area contributed by atoms with Gasteiger partial charge < -0.3 is 41.0 Å². The van der Waals surface area contributed by atoms with Gasteiger partial charge in [-0.15, -0.1) is 0 Å². The fraction of sp³-hybridized carbons (Fsp3) is 0.511. The van der Waals surface area contributed by atoms with Crippen molar-refractivity contribution in [2.45, 2.75) is 82.8 Å². The van der Waals surface area contributed by atoms with E-state index in [2.05, 4.69) is 36.1 Å². The molecule has 0 aliphatic carbocycles. The monoisotopic (exact) mass is 879 g/mol. The highest BCUT2D eigenvalue weighted by atomic mass is 16.5. The van der Waals surface area contributed by atoms with Crippen molar-refractivity contribution in [2.75, 3.05) is 87.0 Å². The van der Waals surface area contributed by atoms with Gasteiger partial charge in [0.15, 0.2) is 17.3 Å². The average Bonchev–Trinajstić information content (AvgIpc) is 3.56. The molecule has 1 atom stereocenters. The number of carbonyl (C=O) groups is 6. The van der Waals surface area contributed by atoms with Gasteiger partial charge in [-0.3, -0.25) is 43.9 Å². The van der Waals surface area contributed by atoms with Crippen LogP contribution in [0.25, 0.3) is 0 Å². The SMILES string of the molecule is CCc1nc(C(N)=O)c(Nc2ccc(N3CCC(N4CCN(C(=O)CCCNc5cccc6c5C(=O)N(C5CCC(=O)NC5=O)C6=O)CC4)CC3)c(OC)c2)nc1NC1CCOCC1. The molecule has 4 fully saturated rings. The van der Waals surface area contributed by atoms with Crippen LogP contribution in [0.5, 0.6) is 5.75 Å². The molecule has 2 aromatic carbocycles. The lowest BCUT2D eigenvalue weighted by Crippen LogP contribution is -2.54. The Balaban J connectivity index is 0.796. The summed E-state index contributed by atoms with van der Waals surface area (Å²) in [5.74, 6) is -1.19. The number of ether oxygens (including phenoxy) is 2. The Labute approximate surface area is 371 Å². The number of hydrogen-bond acceptors (Lipinski definition) is 15. The minimum atomic E-state index is -1.03. The number of nitrogens with zero attached hydrogens (tertiary/aromatic N) is 6. The molecule has 1 aromatic heterocycles. The van der Waals surface area contributed by atoms with Crippen LogP contribution in [0.3, 0.4) is 0 Å². The largest absolute Gasteiger partial charge is 0.495 e. The number of nitrogens with two attached hydrogens (primary N) is 1. The van der Waals surface area contributed by atoms with Crippen LogP contribution in [-0.2, 0) is 25.5 Å². The molecule has 6 N–H and O–H groups in total. The van der Waals surface area contributed by atoms with E-state index in [0.717, 1.165) is 62.4 Å². The minimum absolute atomic E-state index is 0.0525. The number of anilines is 5. The van der Waals surface area contributed by atoms with Crippen molar-refractivity contribution in [3.63, 3.8) is 0 Å². The van der Waals surface area contributed by atoms with Crippen molar-refractivity contribution in [1.29, 1.82) is 0 Å². The number of aromatic nitrogens is 2. The van der Waals surface area contributed by atoms with Crippen LogP contribution < -0.4 is 36.6 Å². The second kappa shape index (κ2) is 19.6. The predicted molar refractivity (Wildman–Crippen MR) is 238 cm³/mol. The molecular weight excluding hydrogens is 823 g/mol. The van der Waals surface area contributed by atoms with Crippen LogP contribution >= 0.6 is 0 Å². The van der Waals surface area contributed by atoms with Crippen molar-refractivity contribution in [1.82, 2.24) is 30.0 Å². The number of fused-ring (bicyclic) bond motifs is 1. The molecule has 0 spiro atoms. The number of imide groups is 2. The summed E-state index contributed by atoms with van der Waals surface area (Å²) in [5.41, 5.74) is 9.07. The summed E-state index contributed by atoms with van der Waals surface area (Å²) >= 11 is 0. The van der Waals surface area contributed by atoms with Crippen LogP contribution in [0.4, 0.5) is 28.7 Å². The molecule has 5 aliphatic heterocycles. The maximum atomic E-state index is 13.4. The van der Waals surface area contributed by atoms with Gasteiger partial charge in [0, 0.05) is 101 Å². The molecule has 19 heteroatoms. The summed E-state index contributed by atoms with van der Waals surface area (Å²) in [7, 11) is 1.65. The average molecular weight is 880 g/mol. The Hall–Kier alpha value is -6.34. The number of benzene rings is 2. The molecule has 340 valence electrons. The molecule has 19 nitrogen and oxygen atoms in total. The van der Waals surface area contributed by atoms with Crippen LogP contribution in [0.15, 0.2) is 36.4 Å². The van der Waals surface area contributed by atoms with Crippen molar-refractivity contribution in [3.05, 3.63) is 58.9 Å². The molecule has 0 saturated carbocycles. The number of amides is 6. The van der Waals surface area contributed by atoms with E-state index in [4.69, 9.17) is 20.2 Å². The van der Waals surface area contributed by atoms with Crippen molar-refractivity contribution in [2.24, 2.45) is 5.73 Å². The van der Waals surface area contributed by atoms with Crippen LogP contribution in [-0.4, -0.2) is 144 Å². The number of rotatable bonds is 15. The number of piperidine rings is 2. The Morgan fingerprint density at radius 2 is 1.69 bits per heavy atom. The zero-order valence-corrected chi connectivity index (χ0v) is 36.5. The standard InChI is InChI=1S/C45H57N11O8/c1-3-31-41(48-27-15-24-64-25-16-27)52-42(39(50-31)40(46)59)49-28-9-10-33(35(26-28)63-2)54-18-13-29(14-19-54)53-20-22-55(23-21-53)37(58)8-5-17-47-32-7-4-6-30-38(32)45(62)56(44(30)61)34-11-12-36(57)51-43(34)60/h4,6-7,9-10,26-27,29,34,47H,3,5,8,11-25H2,1-2H3,(H2,46,59)(H2,48,49,52)(H,51,57,60). The third-order valence-corrected chi connectivity index (χ3v) is 12.9.